The number of hydrogen-bond acceptors (Lipinski definition) is 1. The van der Waals surface area contributed by atoms with Crippen LogP contribution >= 0.6 is 0 Å². The molecule has 0 heterocycles. The van der Waals surface area contributed by atoms with Crippen molar-refractivity contribution in [3.8, 4) is 0 Å². The summed E-state index contributed by atoms with van der Waals surface area (Å²) in [5.41, 5.74) is 5.92. The quantitative estimate of drug-likeness (QED) is 0.418. The zero-order chi connectivity index (χ0) is 21.8. The van der Waals surface area contributed by atoms with Crippen molar-refractivity contribution in [1.82, 2.24) is 0 Å². The van der Waals surface area contributed by atoms with E-state index in [2.05, 4.69) is 48.1 Å². The van der Waals surface area contributed by atoms with Crippen LogP contribution in [0, 0.1) is 46.3 Å². The molecule has 2 saturated carbocycles. The summed E-state index contributed by atoms with van der Waals surface area (Å²) in [6.45, 7) is 18.8. The van der Waals surface area contributed by atoms with E-state index in [0.29, 0.717) is 28.4 Å². The second-order valence-corrected chi connectivity index (χ2v) is 12.4. The van der Waals surface area contributed by atoms with E-state index in [0.717, 1.165) is 30.6 Å². The van der Waals surface area contributed by atoms with E-state index in [9.17, 15) is 4.79 Å². The number of allylic oxidation sites excluding steroid dienone is 3. The molecule has 4 aliphatic carbocycles. The fraction of sp³-hybridized carbons (Fsp3) is 0.828. The SMILES string of the molecule is C=C(CC[C@@H](C)[C@H]1CC[C@H]2C3=C(CC[C@]12C)[C@@]1(C)CCC(=O)[C@@H](C)[C@@H]1CC3)C(C)C. The molecule has 1 heteroatoms. The second kappa shape index (κ2) is 7.93. The van der Waals surface area contributed by atoms with Gasteiger partial charge in [-0.2, -0.15) is 0 Å². The lowest BCUT2D eigenvalue weighted by Crippen LogP contribution is -2.47. The molecule has 0 saturated heterocycles. The fourth-order valence-corrected chi connectivity index (χ4v) is 8.60. The van der Waals surface area contributed by atoms with E-state index in [4.69, 9.17) is 0 Å². The Balaban J connectivity index is 1.55. The predicted molar refractivity (Wildman–Crippen MR) is 127 cm³/mol. The molecule has 0 N–H and O–H groups in total. The Hall–Kier alpha value is -0.850. The Morgan fingerprint density at radius 3 is 2.50 bits per heavy atom. The average molecular weight is 411 g/mol. The molecule has 0 spiro atoms. The third-order valence-corrected chi connectivity index (χ3v) is 10.8. The fourth-order valence-electron chi connectivity index (χ4n) is 8.60. The molecule has 0 radical (unpaired) electrons. The number of rotatable bonds is 5. The molecule has 4 rings (SSSR count). The van der Waals surface area contributed by atoms with E-state index >= 15 is 0 Å². The summed E-state index contributed by atoms with van der Waals surface area (Å²) in [7, 11) is 0. The summed E-state index contributed by atoms with van der Waals surface area (Å²) < 4.78 is 0. The number of carbonyl (C=O) groups excluding carboxylic acids is 1. The zero-order valence-electron chi connectivity index (χ0n) is 20.7. The zero-order valence-corrected chi connectivity index (χ0v) is 20.7. The molecule has 4 aliphatic rings. The van der Waals surface area contributed by atoms with Crippen molar-refractivity contribution in [2.45, 2.75) is 106 Å². The summed E-state index contributed by atoms with van der Waals surface area (Å²) >= 11 is 0. The molecular weight excluding hydrogens is 364 g/mol. The number of Topliss-reactive ketones (excluding diaryl/α,β-unsaturated/α-hetero) is 1. The Morgan fingerprint density at radius 1 is 1.07 bits per heavy atom. The van der Waals surface area contributed by atoms with E-state index in [-0.39, 0.29) is 5.92 Å². The Kier molecular flexibility index (Phi) is 5.91. The lowest BCUT2D eigenvalue weighted by atomic mass is 9.49. The molecule has 0 aliphatic heterocycles. The molecule has 0 aromatic carbocycles. The van der Waals surface area contributed by atoms with E-state index in [1.165, 1.54) is 56.9 Å². The lowest BCUT2D eigenvalue weighted by Gasteiger charge is -2.55. The highest BCUT2D eigenvalue weighted by molar-refractivity contribution is 5.82. The minimum Gasteiger partial charge on any atom is -0.299 e. The highest BCUT2D eigenvalue weighted by Crippen LogP contribution is 2.66. The smallest absolute Gasteiger partial charge is 0.136 e. The van der Waals surface area contributed by atoms with Crippen LogP contribution in [0.5, 0.6) is 0 Å². The van der Waals surface area contributed by atoms with Gasteiger partial charge < -0.3 is 0 Å². The van der Waals surface area contributed by atoms with Gasteiger partial charge in [-0.25, -0.2) is 0 Å². The van der Waals surface area contributed by atoms with Crippen molar-refractivity contribution >= 4 is 5.78 Å². The van der Waals surface area contributed by atoms with Crippen LogP contribution in [0.1, 0.15) is 106 Å². The maximum absolute atomic E-state index is 12.4. The second-order valence-electron chi connectivity index (χ2n) is 12.4. The topological polar surface area (TPSA) is 17.1 Å². The first kappa shape index (κ1) is 22.3. The Morgan fingerprint density at radius 2 is 1.80 bits per heavy atom. The standard InChI is InChI=1S/C29H46O/c1-18(2)19(3)8-9-20(4)23-12-13-25-22-10-11-24-21(5)27(30)15-17-29(24,7)26(22)14-16-28(23,25)6/h18,20-21,23-25H,3,8-17H2,1-2,4-7H3/t20-,21+,23-,24+,25+,28-,29+/m1/s1. The molecule has 2 fully saturated rings. The van der Waals surface area contributed by atoms with Gasteiger partial charge in [-0.05, 0) is 98.2 Å². The number of ketones is 1. The summed E-state index contributed by atoms with van der Waals surface area (Å²) in [5.74, 6) is 4.50. The largest absolute Gasteiger partial charge is 0.299 e. The highest BCUT2D eigenvalue weighted by Gasteiger charge is 2.56. The van der Waals surface area contributed by atoms with Crippen molar-refractivity contribution in [1.29, 1.82) is 0 Å². The molecule has 1 nitrogen and oxygen atoms in total. The number of fused-ring (bicyclic) bond motifs is 4. The minimum atomic E-state index is 0.275. The van der Waals surface area contributed by atoms with Crippen LogP contribution in [-0.4, -0.2) is 5.78 Å². The minimum absolute atomic E-state index is 0.275. The van der Waals surface area contributed by atoms with Crippen molar-refractivity contribution in [3.63, 3.8) is 0 Å². The number of carbonyl (C=O) groups is 1. The molecule has 7 atom stereocenters. The van der Waals surface area contributed by atoms with Crippen molar-refractivity contribution in [3.05, 3.63) is 23.3 Å². The maximum Gasteiger partial charge on any atom is 0.136 e. The normalized spacial score (nSPS) is 42.0. The van der Waals surface area contributed by atoms with Gasteiger partial charge in [0.25, 0.3) is 0 Å². The van der Waals surface area contributed by atoms with Gasteiger partial charge in [0, 0.05) is 12.3 Å². The predicted octanol–water partition coefficient (Wildman–Crippen LogP) is 8.15. The van der Waals surface area contributed by atoms with Crippen molar-refractivity contribution in [2.24, 2.45) is 46.3 Å². The van der Waals surface area contributed by atoms with Gasteiger partial charge in [0.05, 0.1) is 0 Å². The molecule has 168 valence electrons. The third kappa shape index (κ3) is 3.38. The van der Waals surface area contributed by atoms with Gasteiger partial charge in [-0.3, -0.25) is 4.79 Å². The molecule has 0 aromatic heterocycles. The van der Waals surface area contributed by atoms with Gasteiger partial charge in [0.15, 0.2) is 0 Å². The van der Waals surface area contributed by atoms with Crippen LogP contribution in [0.3, 0.4) is 0 Å². The summed E-state index contributed by atoms with van der Waals surface area (Å²) in [5, 5.41) is 0. The molecular formula is C29H46O. The first-order valence-corrected chi connectivity index (χ1v) is 13.0. The summed E-state index contributed by atoms with van der Waals surface area (Å²) in [6.07, 6.45) is 12.5. The van der Waals surface area contributed by atoms with E-state index < -0.39 is 0 Å². The molecule has 0 amide bonds. The van der Waals surface area contributed by atoms with Crippen LogP contribution < -0.4 is 0 Å². The summed E-state index contributed by atoms with van der Waals surface area (Å²) in [4.78, 5) is 12.4. The van der Waals surface area contributed by atoms with Gasteiger partial charge >= 0.3 is 0 Å². The van der Waals surface area contributed by atoms with E-state index in [1.807, 2.05) is 11.1 Å². The molecule has 0 aromatic rings. The number of hydrogen-bond donors (Lipinski definition) is 0. The molecule has 0 unspecified atom stereocenters. The van der Waals surface area contributed by atoms with Crippen LogP contribution in [0.2, 0.25) is 0 Å². The monoisotopic (exact) mass is 410 g/mol. The van der Waals surface area contributed by atoms with Crippen LogP contribution in [0.25, 0.3) is 0 Å². The van der Waals surface area contributed by atoms with Gasteiger partial charge in [0.1, 0.15) is 5.78 Å². The van der Waals surface area contributed by atoms with Crippen molar-refractivity contribution < 1.29 is 4.79 Å². The maximum atomic E-state index is 12.4. The lowest BCUT2D eigenvalue weighted by molar-refractivity contribution is -0.130. The first-order chi connectivity index (χ1) is 14.1. The Bertz CT molecular complexity index is 741. The van der Waals surface area contributed by atoms with Gasteiger partial charge in [-0.1, -0.05) is 64.8 Å². The Labute approximate surface area is 186 Å². The first-order valence-electron chi connectivity index (χ1n) is 13.0. The summed E-state index contributed by atoms with van der Waals surface area (Å²) in [6, 6.07) is 0. The highest BCUT2D eigenvalue weighted by atomic mass is 16.1. The van der Waals surface area contributed by atoms with Crippen LogP contribution in [-0.2, 0) is 4.79 Å². The third-order valence-electron chi connectivity index (χ3n) is 10.8. The average Bonchev–Trinajstić information content (AvgIpc) is 3.06. The van der Waals surface area contributed by atoms with Crippen LogP contribution in [0.15, 0.2) is 23.3 Å². The molecule has 0 bridgehead atoms. The van der Waals surface area contributed by atoms with E-state index in [1.54, 1.807) is 0 Å². The van der Waals surface area contributed by atoms with Crippen LogP contribution in [0.4, 0.5) is 0 Å². The van der Waals surface area contributed by atoms with Gasteiger partial charge in [0.2, 0.25) is 0 Å². The van der Waals surface area contributed by atoms with Gasteiger partial charge in [-0.15, -0.1) is 0 Å². The molecule has 30 heavy (non-hydrogen) atoms. The van der Waals surface area contributed by atoms with Crippen molar-refractivity contribution in [2.75, 3.05) is 0 Å².